The van der Waals surface area contributed by atoms with Gasteiger partial charge in [0.15, 0.2) is 0 Å². The van der Waals surface area contributed by atoms with Crippen molar-refractivity contribution in [2.75, 3.05) is 7.11 Å². The molecule has 3 heteroatoms. The van der Waals surface area contributed by atoms with Crippen LogP contribution < -0.4 is 0 Å². The van der Waals surface area contributed by atoms with Crippen LogP contribution in [0.25, 0.3) is 5.57 Å². The van der Waals surface area contributed by atoms with E-state index in [1.54, 1.807) is 24.5 Å². The molecule has 0 aliphatic rings. The highest BCUT2D eigenvalue weighted by molar-refractivity contribution is 6.07. The minimum absolute atomic E-state index is 0.0363. The van der Waals surface area contributed by atoms with Gasteiger partial charge < -0.3 is 9.84 Å². The van der Waals surface area contributed by atoms with Gasteiger partial charge in [-0.2, -0.15) is 0 Å². The minimum Gasteiger partial charge on any atom is -0.507 e. The lowest BCUT2D eigenvalue weighted by Crippen LogP contribution is -1.87. The lowest BCUT2D eigenvalue weighted by molar-refractivity contribution is 0.340. The summed E-state index contributed by atoms with van der Waals surface area (Å²) in [5.41, 5.74) is 0.611. The number of para-hydroxylation sites is 1. The first kappa shape index (κ1) is 9.32. The molecule has 0 aliphatic heterocycles. The molecule has 0 spiro atoms. The highest BCUT2D eigenvalue weighted by atomic mass is 16.5. The highest BCUT2D eigenvalue weighted by Gasteiger charge is 2.05. The third-order valence-corrected chi connectivity index (χ3v) is 1.54. The van der Waals surface area contributed by atoms with Gasteiger partial charge in [0.05, 0.1) is 18.9 Å². The molecule has 1 radical (unpaired) electrons. The molecule has 1 aromatic rings. The molecule has 0 atom stereocenters. The third kappa shape index (κ3) is 2.08. The van der Waals surface area contributed by atoms with Crippen LogP contribution >= 0.6 is 0 Å². The number of hydrogen-bond acceptors (Lipinski definition) is 3. The molecule has 3 nitrogen and oxygen atoms in total. The van der Waals surface area contributed by atoms with Gasteiger partial charge in [-0.15, -0.1) is 0 Å². The number of hydrogen-bond donors (Lipinski definition) is 1. The molecule has 1 rings (SSSR count). The molecule has 0 saturated carbocycles. The molecule has 0 unspecified atom stereocenters. The zero-order valence-corrected chi connectivity index (χ0v) is 7.15. The number of methoxy groups -OCH3 is 1. The second-order valence-electron chi connectivity index (χ2n) is 2.39. The predicted molar refractivity (Wildman–Crippen MR) is 48.8 cm³/mol. The topological polar surface area (TPSA) is 46.5 Å². The van der Waals surface area contributed by atoms with E-state index in [0.29, 0.717) is 5.56 Å². The van der Waals surface area contributed by atoms with Crippen molar-refractivity contribution in [3.05, 3.63) is 36.1 Å². The average molecular weight is 177 g/mol. The molecule has 0 aliphatic carbocycles. The normalized spacial score (nSPS) is 11.0. The molecule has 13 heavy (non-hydrogen) atoms. The lowest BCUT2D eigenvalue weighted by atomic mass is 10.1. The summed E-state index contributed by atoms with van der Waals surface area (Å²) < 4.78 is 4.67. The van der Waals surface area contributed by atoms with Gasteiger partial charge in [0, 0.05) is 5.56 Å². The van der Waals surface area contributed by atoms with E-state index in [9.17, 15) is 9.90 Å². The van der Waals surface area contributed by atoms with Crippen molar-refractivity contribution in [1.82, 2.24) is 0 Å². The fourth-order valence-electron chi connectivity index (χ4n) is 0.962. The fraction of sp³-hybridized carbons (Fsp3) is 0.100. The molecule has 67 valence electrons. The third-order valence-electron chi connectivity index (χ3n) is 1.54. The van der Waals surface area contributed by atoms with E-state index in [1.165, 1.54) is 19.4 Å². The summed E-state index contributed by atoms with van der Waals surface area (Å²) in [5, 5.41) is 9.36. The first-order chi connectivity index (χ1) is 6.29. The predicted octanol–water partition coefficient (Wildman–Crippen LogP) is 1.49. The molecule has 1 aromatic carbocycles. The summed E-state index contributed by atoms with van der Waals surface area (Å²) in [6.07, 6.45) is 2.92. The van der Waals surface area contributed by atoms with Crippen LogP contribution in [-0.4, -0.2) is 18.5 Å². The Hall–Kier alpha value is -1.77. The smallest absolute Gasteiger partial charge is 0.237 e. The number of aromatic hydroxyl groups is 1. The van der Waals surface area contributed by atoms with Crippen molar-refractivity contribution < 1.29 is 14.6 Å². The molecular formula is C10H9O3. The maximum Gasteiger partial charge on any atom is 0.237 e. The van der Waals surface area contributed by atoms with E-state index in [2.05, 4.69) is 4.74 Å². The summed E-state index contributed by atoms with van der Waals surface area (Å²) in [6, 6.07) is 6.51. The molecular weight excluding hydrogens is 168 g/mol. The monoisotopic (exact) mass is 177 g/mol. The summed E-state index contributed by atoms with van der Waals surface area (Å²) >= 11 is 0. The number of phenolic OH excluding ortho intramolecular Hbond substituents is 1. The van der Waals surface area contributed by atoms with Crippen molar-refractivity contribution in [2.24, 2.45) is 0 Å². The Morgan fingerprint density at radius 1 is 1.54 bits per heavy atom. The van der Waals surface area contributed by atoms with Crippen molar-refractivity contribution in [3.63, 3.8) is 0 Å². The largest absolute Gasteiger partial charge is 0.507 e. The van der Waals surface area contributed by atoms with Crippen LogP contribution in [0, 0.1) is 0 Å². The van der Waals surface area contributed by atoms with E-state index >= 15 is 0 Å². The second-order valence-corrected chi connectivity index (χ2v) is 2.39. The number of phenols is 1. The van der Waals surface area contributed by atoms with E-state index < -0.39 is 0 Å². The van der Waals surface area contributed by atoms with E-state index in [1.807, 2.05) is 0 Å². The SMILES string of the molecule is COC=C([C]=O)c1ccccc1O. The standard InChI is InChI=1S/C10H9O3/c1-13-7-8(6-11)9-4-2-3-5-10(9)12/h2-5,7,12H,1H3. The first-order valence-corrected chi connectivity index (χ1v) is 3.69. The minimum atomic E-state index is 0.0363. The number of rotatable bonds is 3. The second kappa shape index (κ2) is 4.30. The quantitative estimate of drug-likeness (QED) is 0.562. The molecule has 0 saturated heterocycles. The summed E-state index contributed by atoms with van der Waals surface area (Å²) in [5.74, 6) is 0.0363. The Morgan fingerprint density at radius 2 is 2.23 bits per heavy atom. The molecule has 0 bridgehead atoms. The number of ether oxygens (including phenoxy) is 1. The van der Waals surface area contributed by atoms with Gasteiger partial charge in [0.25, 0.3) is 0 Å². The lowest BCUT2D eigenvalue weighted by Gasteiger charge is -2.01. The zero-order valence-electron chi connectivity index (χ0n) is 7.15. The maximum absolute atomic E-state index is 10.5. The number of carbonyl (C=O) groups excluding carboxylic acids is 1. The first-order valence-electron chi connectivity index (χ1n) is 3.69. The van der Waals surface area contributed by atoms with Gasteiger partial charge in [-0.3, -0.25) is 4.79 Å². The molecule has 1 N–H and O–H groups in total. The Morgan fingerprint density at radius 3 is 2.77 bits per heavy atom. The van der Waals surface area contributed by atoms with Crippen LogP contribution in [0.4, 0.5) is 0 Å². The highest BCUT2D eigenvalue weighted by Crippen LogP contribution is 2.22. The Labute approximate surface area is 76.3 Å². The molecule has 0 fully saturated rings. The van der Waals surface area contributed by atoms with Crippen molar-refractivity contribution in [3.8, 4) is 5.75 Å². The van der Waals surface area contributed by atoms with Crippen LogP contribution in [-0.2, 0) is 9.53 Å². The average Bonchev–Trinajstić information content (AvgIpc) is 2.16. The van der Waals surface area contributed by atoms with Crippen LogP contribution in [0.2, 0.25) is 0 Å². The Bertz CT molecular complexity index is 329. The van der Waals surface area contributed by atoms with Gasteiger partial charge in [0.2, 0.25) is 6.29 Å². The molecule has 0 amide bonds. The van der Waals surface area contributed by atoms with E-state index in [-0.39, 0.29) is 11.3 Å². The molecule has 0 aromatic heterocycles. The fourth-order valence-corrected chi connectivity index (χ4v) is 0.962. The van der Waals surface area contributed by atoms with Gasteiger partial charge in [-0.05, 0) is 6.07 Å². The van der Waals surface area contributed by atoms with Crippen LogP contribution in [0.5, 0.6) is 5.75 Å². The van der Waals surface area contributed by atoms with Gasteiger partial charge in [-0.25, -0.2) is 0 Å². The van der Waals surface area contributed by atoms with Crippen LogP contribution in [0.3, 0.4) is 0 Å². The maximum atomic E-state index is 10.5. The summed E-state index contributed by atoms with van der Waals surface area (Å²) in [6.45, 7) is 0. The van der Waals surface area contributed by atoms with E-state index in [4.69, 9.17) is 0 Å². The zero-order chi connectivity index (χ0) is 9.68. The van der Waals surface area contributed by atoms with Gasteiger partial charge in [-0.1, -0.05) is 18.2 Å². The number of benzene rings is 1. The van der Waals surface area contributed by atoms with Gasteiger partial charge in [0.1, 0.15) is 5.75 Å². The van der Waals surface area contributed by atoms with Crippen LogP contribution in [0.1, 0.15) is 5.56 Å². The number of allylic oxidation sites excluding steroid dienone is 1. The Kier molecular flexibility index (Phi) is 3.09. The van der Waals surface area contributed by atoms with E-state index in [0.717, 1.165) is 0 Å². The molecule has 0 heterocycles. The summed E-state index contributed by atoms with van der Waals surface area (Å²) in [4.78, 5) is 10.5. The summed E-state index contributed by atoms with van der Waals surface area (Å²) in [7, 11) is 1.43. The van der Waals surface area contributed by atoms with Crippen molar-refractivity contribution in [1.29, 1.82) is 0 Å². The van der Waals surface area contributed by atoms with Crippen molar-refractivity contribution >= 4 is 11.9 Å². The van der Waals surface area contributed by atoms with Crippen LogP contribution in [0.15, 0.2) is 30.5 Å². The van der Waals surface area contributed by atoms with Crippen molar-refractivity contribution in [2.45, 2.75) is 0 Å². The van der Waals surface area contributed by atoms with Gasteiger partial charge >= 0.3 is 0 Å². The Balaban J connectivity index is 3.12.